The second-order valence-electron chi connectivity index (χ2n) is 9.46. The maximum Gasteiger partial charge on any atom is 0.401 e. The molecule has 0 radical (unpaired) electrons. The van der Waals surface area contributed by atoms with Crippen molar-refractivity contribution in [3.05, 3.63) is 47.6 Å². The number of anilines is 2. The Balaban J connectivity index is 1.42. The molecule has 6 rings (SSSR count). The molecule has 0 atom stereocenters. The number of rotatable bonds is 4. The average molecular weight is 517 g/mol. The molecule has 0 amide bonds. The van der Waals surface area contributed by atoms with Gasteiger partial charge in [0, 0.05) is 49.7 Å². The van der Waals surface area contributed by atoms with Gasteiger partial charge in [-0.1, -0.05) is 18.0 Å². The van der Waals surface area contributed by atoms with Crippen LogP contribution in [0.15, 0.2) is 36.8 Å². The van der Waals surface area contributed by atoms with Gasteiger partial charge < -0.3 is 14.5 Å². The predicted octanol–water partition coefficient (Wildman–Crippen LogP) is 5.72. The van der Waals surface area contributed by atoms with E-state index >= 15 is 0 Å². The van der Waals surface area contributed by atoms with Gasteiger partial charge in [0.1, 0.15) is 22.9 Å². The zero-order valence-electron chi connectivity index (χ0n) is 19.6. The summed E-state index contributed by atoms with van der Waals surface area (Å²) in [4.78, 5) is 4.37. The minimum atomic E-state index is -4.35. The van der Waals surface area contributed by atoms with Crippen molar-refractivity contribution in [2.45, 2.75) is 56.8 Å². The second kappa shape index (κ2) is 8.36. The summed E-state index contributed by atoms with van der Waals surface area (Å²) in [6.45, 7) is 1.19. The Morgan fingerprint density at radius 3 is 2.58 bits per heavy atom. The van der Waals surface area contributed by atoms with Crippen LogP contribution in [0.2, 0.25) is 5.02 Å². The highest BCUT2D eigenvalue weighted by atomic mass is 35.5. The first-order valence-electron chi connectivity index (χ1n) is 11.9. The van der Waals surface area contributed by atoms with E-state index in [2.05, 4.69) is 25.6 Å². The van der Waals surface area contributed by atoms with Gasteiger partial charge in [-0.05, 0) is 37.8 Å². The lowest BCUT2D eigenvalue weighted by atomic mass is 9.67. The molecule has 1 saturated carbocycles. The van der Waals surface area contributed by atoms with Gasteiger partial charge in [0.15, 0.2) is 5.82 Å². The van der Waals surface area contributed by atoms with Crippen LogP contribution in [-0.4, -0.2) is 40.3 Å². The zero-order chi connectivity index (χ0) is 25.1. The molecule has 1 fully saturated rings. The maximum atomic E-state index is 14.1. The van der Waals surface area contributed by atoms with Gasteiger partial charge in [0.25, 0.3) is 0 Å². The SMILES string of the molecule is Cn1nccc1Nc1cc(-c2cc3n(c2)CCCCn2c-3nnc2C2(C(F)(F)F)CCC2)c(Cl)cn1. The molecule has 1 aliphatic heterocycles. The highest BCUT2D eigenvalue weighted by molar-refractivity contribution is 6.33. The Labute approximate surface area is 210 Å². The summed E-state index contributed by atoms with van der Waals surface area (Å²) in [5.41, 5.74) is 0.415. The number of fused-ring (bicyclic) bond motifs is 3. The van der Waals surface area contributed by atoms with Crippen LogP contribution in [0.5, 0.6) is 0 Å². The van der Waals surface area contributed by atoms with E-state index in [1.165, 1.54) is 0 Å². The number of hydrogen-bond donors (Lipinski definition) is 1. The van der Waals surface area contributed by atoms with Crippen LogP contribution in [0.4, 0.5) is 24.8 Å². The van der Waals surface area contributed by atoms with E-state index in [0.717, 1.165) is 42.0 Å². The molecule has 5 heterocycles. The van der Waals surface area contributed by atoms with Gasteiger partial charge in [0.05, 0.1) is 16.9 Å². The molecule has 0 saturated heterocycles. The fraction of sp³-hybridized carbons (Fsp3) is 0.417. The van der Waals surface area contributed by atoms with Crippen molar-refractivity contribution in [3.63, 3.8) is 0 Å². The third kappa shape index (κ3) is 3.59. The Bertz CT molecular complexity index is 1430. The topological polar surface area (TPSA) is 78.4 Å². The number of aromatic nitrogens is 7. The van der Waals surface area contributed by atoms with Crippen LogP contribution < -0.4 is 5.32 Å². The molecular formula is C24H24ClF3N8. The predicted molar refractivity (Wildman–Crippen MR) is 129 cm³/mol. The monoisotopic (exact) mass is 516 g/mol. The number of hydrogen-bond acceptors (Lipinski definition) is 5. The quantitative estimate of drug-likeness (QED) is 0.375. The smallest absolute Gasteiger partial charge is 0.344 e. The van der Waals surface area contributed by atoms with Gasteiger partial charge in [0.2, 0.25) is 0 Å². The van der Waals surface area contributed by atoms with Crippen molar-refractivity contribution >= 4 is 23.2 Å². The van der Waals surface area contributed by atoms with Crippen LogP contribution >= 0.6 is 11.6 Å². The first-order chi connectivity index (χ1) is 17.3. The Hall–Kier alpha value is -3.34. The summed E-state index contributed by atoms with van der Waals surface area (Å²) in [6, 6.07) is 5.60. The molecule has 12 heteroatoms. The summed E-state index contributed by atoms with van der Waals surface area (Å²) >= 11 is 6.54. The Morgan fingerprint density at radius 2 is 1.89 bits per heavy atom. The summed E-state index contributed by atoms with van der Waals surface area (Å²) in [6.07, 6.45) is 3.10. The van der Waals surface area contributed by atoms with Gasteiger partial charge in [-0.25, -0.2) is 4.98 Å². The molecule has 188 valence electrons. The van der Waals surface area contributed by atoms with Crippen molar-refractivity contribution < 1.29 is 13.2 Å². The molecule has 36 heavy (non-hydrogen) atoms. The summed E-state index contributed by atoms with van der Waals surface area (Å²) in [7, 11) is 1.82. The highest BCUT2D eigenvalue weighted by Crippen LogP contribution is 2.54. The Kier molecular flexibility index (Phi) is 5.36. The normalized spacial score (nSPS) is 17.0. The molecule has 2 aliphatic rings. The number of pyridine rings is 1. The lowest BCUT2D eigenvalue weighted by Crippen LogP contribution is -2.50. The van der Waals surface area contributed by atoms with Crippen molar-refractivity contribution in [2.24, 2.45) is 7.05 Å². The second-order valence-corrected chi connectivity index (χ2v) is 9.87. The highest BCUT2D eigenvalue weighted by Gasteiger charge is 2.62. The van der Waals surface area contributed by atoms with Crippen LogP contribution in [0.3, 0.4) is 0 Å². The fourth-order valence-electron chi connectivity index (χ4n) is 5.16. The van der Waals surface area contributed by atoms with Crippen LogP contribution in [0, 0.1) is 0 Å². The first-order valence-corrected chi connectivity index (χ1v) is 12.3. The third-order valence-corrected chi connectivity index (χ3v) is 7.63. The number of nitrogens with one attached hydrogen (secondary N) is 1. The van der Waals surface area contributed by atoms with E-state index in [1.54, 1.807) is 21.6 Å². The fourth-order valence-corrected chi connectivity index (χ4v) is 5.37. The lowest BCUT2D eigenvalue weighted by Gasteiger charge is -2.42. The molecule has 0 bridgehead atoms. The zero-order valence-corrected chi connectivity index (χ0v) is 20.3. The number of halogens is 4. The summed E-state index contributed by atoms with van der Waals surface area (Å²) in [5, 5.41) is 16.3. The number of alkyl halides is 3. The Morgan fingerprint density at radius 1 is 1.08 bits per heavy atom. The molecule has 4 aromatic rings. The van der Waals surface area contributed by atoms with Crippen molar-refractivity contribution in [2.75, 3.05) is 5.32 Å². The van der Waals surface area contributed by atoms with E-state index in [9.17, 15) is 13.2 Å². The average Bonchev–Trinajstić information content (AvgIpc) is 3.48. The number of nitrogens with zero attached hydrogens (tertiary/aromatic N) is 7. The molecule has 1 aliphatic carbocycles. The molecule has 0 unspecified atom stereocenters. The molecular weight excluding hydrogens is 493 g/mol. The standard InChI is InChI=1S/C24H24ClF3N8/c1-34-20(5-8-30-34)31-19-12-16(17(25)13-29-19)15-11-18-21-32-33-22(23(6-4-7-23)24(26,27)28)36(21)10-3-2-9-35(18)14-15/h5,8,11-14H,2-4,6-7,9-10H2,1H3,(H,29,31). The third-order valence-electron chi connectivity index (χ3n) is 7.33. The summed E-state index contributed by atoms with van der Waals surface area (Å²) < 4.78 is 47.8. The van der Waals surface area contributed by atoms with Gasteiger partial charge >= 0.3 is 6.18 Å². The van der Waals surface area contributed by atoms with Crippen LogP contribution in [0.1, 0.15) is 37.9 Å². The molecule has 8 nitrogen and oxygen atoms in total. The van der Waals surface area contributed by atoms with E-state index in [-0.39, 0.29) is 18.7 Å². The van der Waals surface area contributed by atoms with Crippen LogP contribution in [0.25, 0.3) is 22.6 Å². The number of aryl methyl sites for hydroxylation is 2. The molecule has 1 N–H and O–H groups in total. The minimum absolute atomic E-state index is 0.0389. The van der Waals surface area contributed by atoms with Gasteiger partial charge in [-0.2, -0.15) is 18.3 Å². The largest absolute Gasteiger partial charge is 0.401 e. The van der Waals surface area contributed by atoms with E-state index in [0.29, 0.717) is 29.6 Å². The molecule has 0 aromatic carbocycles. The van der Waals surface area contributed by atoms with Gasteiger partial charge in [-0.3, -0.25) is 4.68 Å². The van der Waals surface area contributed by atoms with Crippen molar-refractivity contribution in [1.82, 2.24) is 34.1 Å². The lowest BCUT2D eigenvalue weighted by molar-refractivity contribution is -0.216. The van der Waals surface area contributed by atoms with E-state index in [1.807, 2.05) is 36.0 Å². The minimum Gasteiger partial charge on any atom is -0.344 e. The van der Waals surface area contributed by atoms with Crippen molar-refractivity contribution in [1.29, 1.82) is 0 Å². The molecule has 4 aromatic heterocycles. The van der Waals surface area contributed by atoms with Gasteiger partial charge in [-0.15, -0.1) is 10.2 Å². The molecule has 0 spiro atoms. The maximum absolute atomic E-state index is 14.1. The first kappa shape index (κ1) is 23.1. The van der Waals surface area contributed by atoms with E-state index < -0.39 is 11.6 Å². The van der Waals surface area contributed by atoms with Crippen LogP contribution in [-0.2, 0) is 25.6 Å². The van der Waals surface area contributed by atoms with E-state index in [4.69, 9.17) is 11.6 Å². The summed E-state index contributed by atoms with van der Waals surface area (Å²) in [5.74, 6) is 1.87. The van der Waals surface area contributed by atoms with Crippen molar-refractivity contribution in [3.8, 4) is 22.6 Å².